The van der Waals surface area contributed by atoms with E-state index in [2.05, 4.69) is 0 Å². The molecular formula is C5H4INO2. The lowest BCUT2D eigenvalue weighted by molar-refractivity contribution is -0.418. The first-order chi connectivity index (χ1) is 4.30. The number of nitrogens with zero attached hydrogens (tertiary/aromatic N) is 1. The second kappa shape index (κ2) is 2.86. The van der Waals surface area contributed by atoms with Crippen LogP contribution in [-0.4, -0.2) is 8.94 Å². The van der Waals surface area contributed by atoms with Gasteiger partial charge in [-0.1, -0.05) is 20.7 Å². The summed E-state index contributed by atoms with van der Waals surface area (Å²) in [5, 5.41) is 10.0. The Morgan fingerprint density at radius 2 is 2.44 bits per heavy atom. The quantitative estimate of drug-likeness (QED) is 0.393. The molecule has 0 aliphatic carbocycles. The van der Waals surface area contributed by atoms with Gasteiger partial charge in [0.05, 0.1) is 4.92 Å². The average molecular weight is 237 g/mol. The molecule has 0 bridgehead atoms. The van der Waals surface area contributed by atoms with Crippen molar-refractivity contribution in [1.29, 1.82) is 0 Å². The van der Waals surface area contributed by atoms with E-state index >= 15 is 0 Å². The van der Waals surface area contributed by atoms with Crippen molar-refractivity contribution in [2.45, 2.75) is 0 Å². The van der Waals surface area contributed by atoms with Gasteiger partial charge in [-0.3, -0.25) is 10.1 Å². The van der Waals surface area contributed by atoms with E-state index in [4.69, 9.17) is 0 Å². The van der Waals surface area contributed by atoms with E-state index in [9.17, 15) is 10.1 Å². The van der Waals surface area contributed by atoms with Gasteiger partial charge in [0.15, 0.2) is 0 Å². The third-order valence-electron chi connectivity index (χ3n) is 0.824. The molecule has 1 aliphatic heterocycles. The summed E-state index contributed by atoms with van der Waals surface area (Å²) in [6.45, 7) is 0. The highest BCUT2D eigenvalue weighted by molar-refractivity contribution is 14.2. The average Bonchev–Trinajstić information content (AvgIpc) is 1.90. The number of halogens is 1. The number of rotatable bonds is 1. The minimum Gasteiger partial charge on any atom is -0.258 e. The Kier molecular flexibility index (Phi) is 2.10. The monoisotopic (exact) mass is 237 g/mol. The van der Waals surface area contributed by atoms with Crippen LogP contribution in [0.1, 0.15) is 0 Å². The molecule has 0 radical (unpaired) electrons. The molecule has 0 atom stereocenters. The van der Waals surface area contributed by atoms with Crippen LogP contribution >= 0.6 is 20.7 Å². The Bertz CT molecular complexity index is 217. The number of nitro groups is 1. The summed E-state index contributed by atoms with van der Waals surface area (Å²) >= 11 is -0.0244. The van der Waals surface area contributed by atoms with Crippen molar-refractivity contribution in [3.63, 3.8) is 0 Å². The fraction of sp³-hybridized carbons (Fsp3) is 0. The summed E-state index contributed by atoms with van der Waals surface area (Å²) in [6, 6.07) is 0. The van der Waals surface area contributed by atoms with Crippen LogP contribution in [0.15, 0.2) is 21.9 Å². The van der Waals surface area contributed by atoms with Crippen molar-refractivity contribution < 1.29 is 4.92 Å². The number of hydrogen-bond donors (Lipinski definition) is 0. The maximum Gasteiger partial charge on any atom is 0.270 e. The van der Waals surface area contributed by atoms with Gasteiger partial charge in [-0.25, -0.2) is 0 Å². The first kappa shape index (κ1) is 6.60. The van der Waals surface area contributed by atoms with Crippen LogP contribution in [0.25, 0.3) is 0 Å². The minimum absolute atomic E-state index is 0.0244. The predicted molar refractivity (Wildman–Crippen MR) is 44.3 cm³/mol. The smallest absolute Gasteiger partial charge is 0.258 e. The van der Waals surface area contributed by atoms with E-state index in [-0.39, 0.29) is 31.4 Å². The molecule has 9 heavy (non-hydrogen) atoms. The fourth-order valence-corrected chi connectivity index (χ4v) is 1.81. The maximum atomic E-state index is 10.0. The van der Waals surface area contributed by atoms with Gasteiger partial charge in [0, 0.05) is 12.2 Å². The predicted octanol–water partition coefficient (Wildman–Crippen LogP) is 1.45. The molecule has 1 heterocycles. The first-order valence-electron chi connectivity index (χ1n) is 2.27. The zero-order valence-electron chi connectivity index (χ0n) is 4.45. The number of hydrogen-bond acceptors (Lipinski definition) is 2. The summed E-state index contributed by atoms with van der Waals surface area (Å²) in [5.74, 6) is 0. The van der Waals surface area contributed by atoms with Gasteiger partial charge in [0.2, 0.25) is 0 Å². The van der Waals surface area contributed by atoms with E-state index in [1.807, 2.05) is 8.09 Å². The maximum absolute atomic E-state index is 10.0. The standard InChI is InChI=1S/C5H4INO2/c8-7(9)5-1-3-6-4-2-5/h1-4H. The second-order valence-corrected chi connectivity index (χ2v) is 3.55. The van der Waals surface area contributed by atoms with E-state index in [1.165, 1.54) is 0 Å². The second-order valence-electron chi connectivity index (χ2n) is 1.39. The van der Waals surface area contributed by atoms with Gasteiger partial charge in [0.25, 0.3) is 5.70 Å². The van der Waals surface area contributed by atoms with Crippen molar-refractivity contribution in [3.05, 3.63) is 32.0 Å². The Balaban J connectivity index is 2.84. The largest absolute Gasteiger partial charge is 0.270 e. The lowest BCUT2D eigenvalue weighted by atomic mass is 10.4. The van der Waals surface area contributed by atoms with Gasteiger partial charge in [-0.15, -0.1) is 0 Å². The summed E-state index contributed by atoms with van der Waals surface area (Å²) in [7, 11) is 0. The zero-order chi connectivity index (χ0) is 6.69. The Hall–Kier alpha value is -0.520. The summed E-state index contributed by atoms with van der Waals surface area (Å²) in [4.78, 5) is 9.65. The minimum atomic E-state index is -0.379. The molecule has 48 valence electrons. The van der Waals surface area contributed by atoms with Gasteiger partial charge < -0.3 is 0 Å². The van der Waals surface area contributed by atoms with E-state index in [0.717, 1.165) is 0 Å². The lowest BCUT2D eigenvalue weighted by Gasteiger charge is -1.89. The van der Waals surface area contributed by atoms with Gasteiger partial charge in [-0.05, 0) is 8.09 Å². The summed E-state index contributed by atoms with van der Waals surface area (Å²) in [5.41, 5.74) is 0.195. The molecule has 0 amide bonds. The highest BCUT2D eigenvalue weighted by Crippen LogP contribution is 2.09. The summed E-state index contributed by atoms with van der Waals surface area (Å²) in [6.07, 6.45) is 3.13. The molecule has 0 aromatic heterocycles. The molecule has 0 fully saturated rings. The molecule has 0 aromatic rings. The molecule has 1 rings (SSSR count). The van der Waals surface area contributed by atoms with Gasteiger partial charge in [0.1, 0.15) is 0 Å². The van der Waals surface area contributed by atoms with Crippen LogP contribution in [0.5, 0.6) is 0 Å². The molecule has 1 aliphatic rings. The topological polar surface area (TPSA) is 43.1 Å². The van der Waals surface area contributed by atoms with Gasteiger partial charge >= 0.3 is 0 Å². The van der Waals surface area contributed by atoms with Crippen LogP contribution in [0.3, 0.4) is 0 Å². The van der Waals surface area contributed by atoms with Gasteiger partial charge in [-0.2, -0.15) is 0 Å². The van der Waals surface area contributed by atoms with Crippen LogP contribution in [-0.2, 0) is 0 Å². The SMILES string of the molecule is O=[N+]([O-])C1=CC=IC=C1. The van der Waals surface area contributed by atoms with Crippen LogP contribution in [0.2, 0.25) is 0 Å². The van der Waals surface area contributed by atoms with Crippen molar-refractivity contribution in [1.82, 2.24) is 0 Å². The molecule has 0 aromatic carbocycles. The van der Waals surface area contributed by atoms with E-state index in [1.54, 1.807) is 12.2 Å². The molecule has 4 heteroatoms. The molecule has 0 unspecified atom stereocenters. The normalized spacial score (nSPS) is 16.2. The molecule has 0 saturated carbocycles. The molecule has 0 saturated heterocycles. The zero-order valence-corrected chi connectivity index (χ0v) is 6.61. The van der Waals surface area contributed by atoms with Crippen molar-refractivity contribution in [2.75, 3.05) is 0 Å². The Labute approximate surface area is 62.0 Å². The molecular weight excluding hydrogens is 233 g/mol. The van der Waals surface area contributed by atoms with E-state index < -0.39 is 0 Å². The van der Waals surface area contributed by atoms with Crippen LogP contribution in [0.4, 0.5) is 0 Å². The Morgan fingerprint density at radius 1 is 1.67 bits per heavy atom. The number of allylic oxidation sites excluding steroid dienone is 2. The highest BCUT2D eigenvalue weighted by atomic mass is 127. The Morgan fingerprint density at radius 3 is 2.78 bits per heavy atom. The van der Waals surface area contributed by atoms with Crippen LogP contribution in [0, 0.1) is 10.1 Å². The molecule has 0 N–H and O–H groups in total. The first-order valence-corrected chi connectivity index (χ1v) is 4.76. The highest BCUT2D eigenvalue weighted by Gasteiger charge is 2.03. The van der Waals surface area contributed by atoms with Crippen LogP contribution < -0.4 is 0 Å². The van der Waals surface area contributed by atoms with E-state index in [0.29, 0.717) is 0 Å². The third kappa shape index (κ3) is 1.70. The fourth-order valence-electron chi connectivity index (χ4n) is 0.421. The van der Waals surface area contributed by atoms with Crippen molar-refractivity contribution in [2.24, 2.45) is 0 Å². The lowest BCUT2D eigenvalue weighted by Crippen LogP contribution is -1.95. The van der Waals surface area contributed by atoms with Crippen molar-refractivity contribution in [3.8, 4) is 0 Å². The molecule has 3 nitrogen and oxygen atoms in total. The molecule has 0 spiro atoms. The third-order valence-corrected chi connectivity index (χ3v) is 2.37. The summed E-state index contributed by atoms with van der Waals surface area (Å²) < 4.78 is 3.74. The van der Waals surface area contributed by atoms with Crippen molar-refractivity contribution >= 4 is 24.7 Å².